The minimum atomic E-state index is -0.178. The highest BCUT2D eigenvalue weighted by molar-refractivity contribution is 9.10. The average molecular weight is 258 g/mol. The van der Waals surface area contributed by atoms with E-state index in [1.807, 2.05) is 6.07 Å². The smallest absolute Gasteiger partial charge is 0.137 e. The predicted molar refractivity (Wildman–Crippen MR) is 58.7 cm³/mol. The van der Waals surface area contributed by atoms with Gasteiger partial charge in [0.2, 0.25) is 0 Å². The molecule has 1 aliphatic rings. The van der Waals surface area contributed by atoms with Crippen LogP contribution in [0.1, 0.15) is 30.7 Å². The second kappa shape index (κ2) is 3.99. The summed E-state index contributed by atoms with van der Waals surface area (Å²) in [6.07, 6.45) is 3.13. The van der Waals surface area contributed by atoms with Crippen LogP contribution in [0.25, 0.3) is 0 Å². The van der Waals surface area contributed by atoms with E-state index in [0.717, 1.165) is 24.8 Å². The van der Waals surface area contributed by atoms with Gasteiger partial charge in [0.15, 0.2) is 0 Å². The van der Waals surface area contributed by atoms with Crippen LogP contribution in [-0.4, -0.2) is 6.04 Å². The quantitative estimate of drug-likeness (QED) is 0.822. The number of hydrogen-bond donors (Lipinski definition) is 1. The van der Waals surface area contributed by atoms with Crippen LogP contribution < -0.4 is 5.73 Å². The van der Waals surface area contributed by atoms with E-state index >= 15 is 0 Å². The maximum absolute atomic E-state index is 13.3. The summed E-state index contributed by atoms with van der Waals surface area (Å²) in [6, 6.07) is 5.67. The van der Waals surface area contributed by atoms with Crippen LogP contribution in [0.15, 0.2) is 22.7 Å². The van der Waals surface area contributed by atoms with E-state index in [2.05, 4.69) is 15.9 Å². The van der Waals surface area contributed by atoms with Gasteiger partial charge in [0.25, 0.3) is 0 Å². The molecule has 76 valence electrons. The molecular formula is C11H13BrFN. The molecule has 0 radical (unpaired) electrons. The molecule has 14 heavy (non-hydrogen) atoms. The van der Waals surface area contributed by atoms with Crippen molar-refractivity contribution in [3.63, 3.8) is 0 Å². The van der Waals surface area contributed by atoms with Crippen LogP contribution in [0.4, 0.5) is 4.39 Å². The van der Waals surface area contributed by atoms with Gasteiger partial charge >= 0.3 is 0 Å². The van der Waals surface area contributed by atoms with Crippen LogP contribution in [0, 0.1) is 5.82 Å². The highest BCUT2D eigenvalue weighted by Crippen LogP contribution is 2.34. The molecule has 2 rings (SSSR count). The standard InChI is InChI=1S/C11H13BrFN/c12-10-4-2-8(6-11(10)13)7-1-3-9(14)5-7/h2,4,6-7,9H,1,3,5,14H2. The Labute approximate surface area is 91.6 Å². The fourth-order valence-corrected chi connectivity index (χ4v) is 2.33. The van der Waals surface area contributed by atoms with Crippen molar-refractivity contribution in [2.24, 2.45) is 5.73 Å². The van der Waals surface area contributed by atoms with E-state index in [1.165, 1.54) is 0 Å². The second-order valence-electron chi connectivity index (χ2n) is 3.94. The molecule has 0 aliphatic heterocycles. The van der Waals surface area contributed by atoms with Gasteiger partial charge in [0, 0.05) is 6.04 Å². The molecule has 1 saturated carbocycles. The van der Waals surface area contributed by atoms with Gasteiger partial charge < -0.3 is 5.73 Å². The number of halogens is 2. The predicted octanol–water partition coefficient (Wildman–Crippen LogP) is 3.18. The summed E-state index contributed by atoms with van der Waals surface area (Å²) < 4.78 is 13.8. The molecule has 0 bridgehead atoms. The largest absolute Gasteiger partial charge is 0.328 e. The van der Waals surface area contributed by atoms with E-state index in [1.54, 1.807) is 12.1 Å². The van der Waals surface area contributed by atoms with Crippen molar-refractivity contribution >= 4 is 15.9 Å². The van der Waals surface area contributed by atoms with Crippen molar-refractivity contribution in [2.45, 2.75) is 31.2 Å². The first-order valence-corrected chi connectivity index (χ1v) is 5.66. The van der Waals surface area contributed by atoms with E-state index in [0.29, 0.717) is 16.4 Å². The first-order valence-electron chi connectivity index (χ1n) is 4.87. The lowest BCUT2D eigenvalue weighted by Gasteiger charge is -2.10. The van der Waals surface area contributed by atoms with Gasteiger partial charge in [0.05, 0.1) is 4.47 Å². The first-order chi connectivity index (χ1) is 6.66. The Morgan fingerprint density at radius 3 is 2.71 bits per heavy atom. The van der Waals surface area contributed by atoms with Gasteiger partial charge in [-0.2, -0.15) is 0 Å². The van der Waals surface area contributed by atoms with E-state index < -0.39 is 0 Å². The van der Waals surface area contributed by atoms with Crippen molar-refractivity contribution in [3.8, 4) is 0 Å². The second-order valence-corrected chi connectivity index (χ2v) is 4.80. The molecule has 0 heterocycles. The Balaban J connectivity index is 2.20. The van der Waals surface area contributed by atoms with Crippen molar-refractivity contribution in [1.29, 1.82) is 0 Å². The van der Waals surface area contributed by atoms with Gasteiger partial charge in [-0.15, -0.1) is 0 Å². The van der Waals surface area contributed by atoms with Crippen molar-refractivity contribution in [2.75, 3.05) is 0 Å². The molecular weight excluding hydrogens is 245 g/mol. The number of benzene rings is 1. The van der Waals surface area contributed by atoms with Crippen LogP contribution in [0.5, 0.6) is 0 Å². The lowest BCUT2D eigenvalue weighted by molar-refractivity contribution is 0.610. The molecule has 0 aromatic heterocycles. The molecule has 2 atom stereocenters. The molecule has 2 N–H and O–H groups in total. The lowest BCUT2D eigenvalue weighted by Crippen LogP contribution is -2.14. The number of hydrogen-bond acceptors (Lipinski definition) is 1. The fourth-order valence-electron chi connectivity index (χ4n) is 2.09. The minimum Gasteiger partial charge on any atom is -0.328 e. The summed E-state index contributed by atoms with van der Waals surface area (Å²) in [5, 5.41) is 0. The molecule has 1 aliphatic carbocycles. The van der Waals surface area contributed by atoms with E-state index in [9.17, 15) is 4.39 Å². The van der Waals surface area contributed by atoms with Crippen LogP contribution in [-0.2, 0) is 0 Å². The summed E-state index contributed by atoms with van der Waals surface area (Å²) in [6.45, 7) is 0. The van der Waals surface area contributed by atoms with Gasteiger partial charge in [-0.05, 0) is 58.8 Å². The van der Waals surface area contributed by atoms with E-state index in [-0.39, 0.29) is 5.82 Å². The Hall–Kier alpha value is -0.410. The molecule has 1 aromatic carbocycles. The fraction of sp³-hybridized carbons (Fsp3) is 0.455. The van der Waals surface area contributed by atoms with Gasteiger partial charge in [0.1, 0.15) is 5.82 Å². The minimum absolute atomic E-state index is 0.178. The molecule has 0 amide bonds. The molecule has 1 aromatic rings. The molecule has 3 heteroatoms. The van der Waals surface area contributed by atoms with E-state index in [4.69, 9.17) is 5.73 Å². The number of rotatable bonds is 1. The number of nitrogens with two attached hydrogens (primary N) is 1. The molecule has 0 saturated heterocycles. The van der Waals surface area contributed by atoms with Crippen molar-refractivity contribution < 1.29 is 4.39 Å². The van der Waals surface area contributed by atoms with Gasteiger partial charge in [-0.25, -0.2) is 4.39 Å². The third-order valence-electron chi connectivity index (χ3n) is 2.89. The summed E-state index contributed by atoms with van der Waals surface area (Å²) in [5.41, 5.74) is 6.91. The Bertz CT molecular complexity index is 340. The Morgan fingerprint density at radius 2 is 2.14 bits per heavy atom. The lowest BCUT2D eigenvalue weighted by atomic mass is 9.97. The molecule has 2 unspecified atom stereocenters. The monoisotopic (exact) mass is 257 g/mol. The van der Waals surface area contributed by atoms with Crippen molar-refractivity contribution in [3.05, 3.63) is 34.1 Å². The SMILES string of the molecule is NC1CCC(c2ccc(Br)c(F)c2)C1. The Kier molecular flexibility index (Phi) is 2.88. The normalized spacial score (nSPS) is 26.8. The maximum Gasteiger partial charge on any atom is 0.137 e. The van der Waals surface area contributed by atoms with Crippen LogP contribution in [0.2, 0.25) is 0 Å². The molecule has 0 spiro atoms. The highest BCUT2D eigenvalue weighted by Gasteiger charge is 2.23. The summed E-state index contributed by atoms with van der Waals surface area (Å²) >= 11 is 3.15. The zero-order valence-electron chi connectivity index (χ0n) is 7.84. The summed E-state index contributed by atoms with van der Waals surface area (Å²) in [7, 11) is 0. The van der Waals surface area contributed by atoms with Crippen molar-refractivity contribution in [1.82, 2.24) is 0 Å². The summed E-state index contributed by atoms with van der Waals surface area (Å²) in [5.74, 6) is 0.274. The topological polar surface area (TPSA) is 26.0 Å². The summed E-state index contributed by atoms with van der Waals surface area (Å²) in [4.78, 5) is 0. The molecule has 1 fully saturated rings. The highest BCUT2D eigenvalue weighted by atomic mass is 79.9. The van der Waals surface area contributed by atoms with Crippen LogP contribution in [0.3, 0.4) is 0 Å². The zero-order chi connectivity index (χ0) is 10.1. The average Bonchev–Trinajstić information content (AvgIpc) is 2.57. The van der Waals surface area contributed by atoms with Gasteiger partial charge in [-0.1, -0.05) is 6.07 Å². The Morgan fingerprint density at radius 1 is 1.36 bits per heavy atom. The van der Waals surface area contributed by atoms with Crippen LogP contribution >= 0.6 is 15.9 Å². The third-order valence-corrected chi connectivity index (χ3v) is 3.53. The third kappa shape index (κ3) is 1.98. The van der Waals surface area contributed by atoms with Gasteiger partial charge in [-0.3, -0.25) is 0 Å². The first kappa shape index (κ1) is 10.1. The zero-order valence-corrected chi connectivity index (χ0v) is 9.43. The maximum atomic E-state index is 13.3. The molecule has 1 nitrogen and oxygen atoms in total.